The molecule has 18 heavy (non-hydrogen) atoms. The van der Waals surface area contributed by atoms with E-state index < -0.39 is 8.07 Å². The van der Waals surface area contributed by atoms with Gasteiger partial charge in [-0.2, -0.15) is 0 Å². The lowest BCUT2D eigenvalue weighted by Gasteiger charge is -2.22. The van der Waals surface area contributed by atoms with Crippen LogP contribution in [0.15, 0.2) is 60.7 Å². The SMILES string of the molecule is C[Si](C)(CCc1ccccc1)Cc1ccccc1. The van der Waals surface area contributed by atoms with E-state index in [0.29, 0.717) is 0 Å². The molecule has 0 spiro atoms. The van der Waals surface area contributed by atoms with Crippen molar-refractivity contribution in [3.63, 3.8) is 0 Å². The Morgan fingerprint density at radius 3 is 1.78 bits per heavy atom. The van der Waals surface area contributed by atoms with Crippen LogP contribution in [0.4, 0.5) is 0 Å². The molecule has 0 unspecified atom stereocenters. The van der Waals surface area contributed by atoms with Crippen LogP contribution in [-0.2, 0) is 12.5 Å². The van der Waals surface area contributed by atoms with Gasteiger partial charge >= 0.3 is 0 Å². The first-order valence-corrected chi connectivity index (χ1v) is 10.1. The number of benzene rings is 2. The molecule has 0 amide bonds. The molecule has 0 nitrogen and oxygen atoms in total. The summed E-state index contributed by atoms with van der Waals surface area (Å²) in [5.74, 6) is 0. The standard InChI is InChI=1S/C17H22Si/c1-18(2,15-17-11-7-4-8-12-17)14-13-16-9-5-3-6-10-16/h3-12H,13-15H2,1-2H3. The van der Waals surface area contributed by atoms with Gasteiger partial charge in [0.15, 0.2) is 0 Å². The molecule has 0 bridgehead atoms. The fourth-order valence-electron chi connectivity index (χ4n) is 2.36. The Morgan fingerprint density at radius 1 is 0.722 bits per heavy atom. The summed E-state index contributed by atoms with van der Waals surface area (Å²) < 4.78 is 0. The maximum Gasteiger partial charge on any atom is 0.0521 e. The molecule has 0 aliphatic rings. The zero-order valence-corrected chi connectivity index (χ0v) is 12.4. The average Bonchev–Trinajstić information content (AvgIpc) is 2.38. The third-order valence-corrected chi connectivity index (χ3v) is 6.43. The molecule has 0 aliphatic heterocycles. The van der Waals surface area contributed by atoms with E-state index in [1.807, 2.05) is 0 Å². The van der Waals surface area contributed by atoms with Gasteiger partial charge in [0.25, 0.3) is 0 Å². The summed E-state index contributed by atoms with van der Waals surface area (Å²) in [5.41, 5.74) is 2.98. The third kappa shape index (κ3) is 4.15. The molecule has 0 radical (unpaired) electrons. The van der Waals surface area contributed by atoms with Gasteiger partial charge < -0.3 is 0 Å². The van der Waals surface area contributed by atoms with Gasteiger partial charge in [0.1, 0.15) is 0 Å². The second-order valence-electron chi connectivity index (χ2n) is 5.81. The Morgan fingerprint density at radius 2 is 1.22 bits per heavy atom. The molecule has 1 heteroatoms. The predicted octanol–water partition coefficient (Wildman–Crippen LogP) is 4.72. The molecule has 0 atom stereocenters. The van der Waals surface area contributed by atoms with Crippen molar-refractivity contribution in [1.82, 2.24) is 0 Å². The Labute approximate surface area is 112 Å². The first kappa shape index (κ1) is 13.1. The number of hydrogen-bond donors (Lipinski definition) is 0. The van der Waals surface area contributed by atoms with Crippen molar-refractivity contribution in [2.75, 3.05) is 0 Å². The van der Waals surface area contributed by atoms with E-state index in [1.54, 1.807) is 0 Å². The van der Waals surface area contributed by atoms with Crippen molar-refractivity contribution < 1.29 is 0 Å². The van der Waals surface area contributed by atoms with Gasteiger partial charge in [0, 0.05) is 0 Å². The summed E-state index contributed by atoms with van der Waals surface area (Å²) in [7, 11) is -1.13. The normalized spacial score (nSPS) is 11.4. The molecule has 2 aromatic rings. The minimum absolute atomic E-state index is 1.13. The molecule has 2 aromatic carbocycles. The summed E-state index contributed by atoms with van der Waals surface area (Å²) >= 11 is 0. The Hall–Kier alpha value is -1.34. The molecule has 0 fully saturated rings. The first-order chi connectivity index (χ1) is 8.66. The van der Waals surface area contributed by atoms with E-state index >= 15 is 0 Å². The minimum Gasteiger partial charge on any atom is -0.0691 e. The highest BCUT2D eigenvalue weighted by Gasteiger charge is 2.20. The van der Waals surface area contributed by atoms with Crippen LogP contribution in [0.2, 0.25) is 19.1 Å². The molecular formula is C17H22Si. The quantitative estimate of drug-likeness (QED) is 0.677. The summed E-state index contributed by atoms with van der Waals surface area (Å²) in [5, 5.41) is 0. The average molecular weight is 254 g/mol. The topological polar surface area (TPSA) is 0 Å². The highest BCUT2D eigenvalue weighted by molar-refractivity contribution is 6.76. The van der Waals surface area contributed by atoms with Crippen LogP contribution in [0, 0.1) is 0 Å². The Balaban J connectivity index is 1.91. The second kappa shape index (κ2) is 6.01. The van der Waals surface area contributed by atoms with Gasteiger partial charge in [0.05, 0.1) is 8.07 Å². The van der Waals surface area contributed by atoms with Crippen LogP contribution < -0.4 is 0 Å². The van der Waals surface area contributed by atoms with Crippen molar-refractivity contribution in [2.45, 2.75) is 31.6 Å². The fraction of sp³-hybridized carbons (Fsp3) is 0.294. The van der Waals surface area contributed by atoms with Crippen LogP contribution in [0.25, 0.3) is 0 Å². The van der Waals surface area contributed by atoms with Crippen molar-refractivity contribution in [2.24, 2.45) is 0 Å². The maximum absolute atomic E-state index is 2.50. The zero-order valence-electron chi connectivity index (χ0n) is 11.4. The molecule has 0 heterocycles. The molecule has 0 saturated carbocycles. The van der Waals surface area contributed by atoms with E-state index in [0.717, 1.165) is 0 Å². The van der Waals surface area contributed by atoms with Crippen LogP contribution in [-0.4, -0.2) is 8.07 Å². The van der Waals surface area contributed by atoms with Crippen molar-refractivity contribution >= 4 is 8.07 Å². The highest BCUT2D eigenvalue weighted by atomic mass is 28.3. The van der Waals surface area contributed by atoms with E-state index in [2.05, 4.69) is 73.8 Å². The van der Waals surface area contributed by atoms with Gasteiger partial charge in [-0.3, -0.25) is 0 Å². The Bertz CT molecular complexity index is 459. The minimum atomic E-state index is -1.13. The molecule has 2 rings (SSSR count). The number of rotatable bonds is 5. The Kier molecular flexibility index (Phi) is 4.37. The maximum atomic E-state index is 2.50. The lowest BCUT2D eigenvalue weighted by Crippen LogP contribution is -2.29. The van der Waals surface area contributed by atoms with Crippen molar-refractivity contribution in [1.29, 1.82) is 0 Å². The molecule has 0 aromatic heterocycles. The van der Waals surface area contributed by atoms with Gasteiger partial charge in [-0.05, 0) is 18.0 Å². The largest absolute Gasteiger partial charge is 0.0691 e. The molecule has 94 valence electrons. The fourth-order valence-corrected chi connectivity index (χ4v) is 4.85. The van der Waals surface area contributed by atoms with Gasteiger partial charge in [0.2, 0.25) is 0 Å². The number of aryl methyl sites for hydroxylation is 1. The summed E-state index contributed by atoms with van der Waals surface area (Å²) in [6.45, 7) is 5.01. The third-order valence-electron chi connectivity index (χ3n) is 3.46. The number of hydrogen-bond acceptors (Lipinski definition) is 0. The van der Waals surface area contributed by atoms with Gasteiger partial charge in [-0.15, -0.1) is 0 Å². The second-order valence-corrected chi connectivity index (χ2v) is 11.0. The summed E-state index contributed by atoms with van der Waals surface area (Å²) in [6.07, 6.45) is 1.23. The first-order valence-electron chi connectivity index (χ1n) is 6.74. The van der Waals surface area contributed by atoms with Crippen LogP contribution in [0.1, 0.15) is 11.1 Å². The summed E-state index contributed by atoms with van der Waals surface area (Å²) in [4.78, 5) is 0. The van der Waals surface area contributed by atoms with Gasteiger partial charge in [-0.1, -0.05) is 85.4 Å². The lowest BCUT2D eigenvalue weighted by atomic mass is 10.2. The van der Waals surface area contributed by atoms with Crippen molar-refractivity contribution in [3.05, 3.63) is 71.8 Å². The zero-order chi connectivity index (χ0) is 12.8. The molecule has 0 N–H and O–H groups in total. The van der Waals surface area contributed by atoms with E-state index in [9.17, 15) is 0 Å². The monoisotopic (exact) mass is 254 g/mol. The predicted molar refractivity (Wildman–Crippen MR) is 82.6 cm³/mol. The van der Waals surface area contributed by atoms with E-state index in [-0.39, 0.29) is 0 Å². The van der Waals surface area contributed by atoms with E-state index in [1.165, 1.54) is 29.6 Å². The lowest BCUT2D eigenvalue weighted by molar-refractivity contribution is 1.07. The van der Waals surface area contributed by atoms with E-state index in [4.69, 9.17) is 0 Å². The van der Waals surface area contributed by atoms with Crippen molar-refractivity contribution in [3.8, 4) is 0 Å². The van der Waals surface area contributed by atoms with Gasteiger partial charge in [-0.25, -0.2) is 0 Å². The van der Waals surface area contributed by atoms with Crippen LogP contribution >= 0.6 is 0 Å². The molecular weight excluding hydrogens is 232 g/mol. The van der Waals surface area contributed by atoms with Crippen LogP contribution in [0.3, 0.4) is 0 Å². The summed E-state index contributed by atoms with van der Waals surface area (Å²) in [6, 6.07) is 24.4. The smallest absolute Gasteiger partial charge is 0.0521 e. The molecule has 0 saturated heterocycles. The highest BCUT2D eigenvalue weighted by Crippen LogP contribution is 2.19. The van der Waals surface area contributed by atoms with Crippen LogP contribution in [0.5, 0.6) is 0 Å². The molecule has 0 aliphatic carbocycles.